The summed E-state index contributed by atoms with van der Waals surface area (Å²) in [5, 5.41) is 3.64. The fourth-order valence-electron chi connectivity index (χ4n) is 2.67. The highest BCUT2D eigenvalue weighted by Crippen LogP contribution is 2.30. The molecule has 4 nitrogen and oxygen atoms in total. The van der Waals surface area contributed by atoms with Crippen LogP contribution in [-0.2, 0) is 6.54 Å². The van der Waals surface area contributed by atoms with Crippen LogP contribution in [0.25, 0.3) is 10.9 Å². The van der Waals surface area contributed by atoms with Crippen LogP contribution in [0.1, 0.15) is 21.6 Å². The molecule has 2 aromatic carbocycles. The van der Waals surface area contributed by atoms with E-state index in [4.69, 9.17) is 4.74 Å². The van der Waals surface area contributed by atoms with Crippen molar-refractivity contribution in [3.63, 3.8) is 0 Å². The van der Waals surface area contributed by atoms with Crippen molar-refractivity contribution in [3.05, 3.63) is 65.1 Å². The fourth-order valence-corrected chi connectivity index (χ4v) is 2.67. The number of aromatic nitrogens is 1. The normalized spacial score (nSPS) is 10.7. The summed E-state index contributed by atoms with van der Waals surface area (Å²) >= 11 is 0. The first kappa shape index (κ1) is 15.1. The van der Waals surface area contributed by atoms with Crippen molar-refractivity contribution in [2.45, 2.75) is 13.5 Å². The van der Waals surface area contributed by atoms with Gasteiger partial charge in [-0.2, -0.15) is 0 Å². The smallest absolute Gasteiger partial charge is 0.254 e. The van der Waals surface area contributed by atoms with Gasteiger partial charge in [-0.15, -0.1) is 0 Å². The number of carbonyl (C=O) groups excluding carboxylic acids is 1. The zero-order chi connectivity index (χ0) is 16.4. The van der Waals surface area contributed by atoms with E-state index < -0.39 is 0 Å². The first-order valence-corrected chi connectivity index (χ1v) is 7.28. The van der Waals surface area contributed by atoms with Crippen molar-refractivity contribution in [1.29, 1.82) is 0 Å². The van der Waals surface area contributed by atoms with Crippen molar-refractivity contribution in [1.82, 2.24) is 10.3 Å². The number of H-pyrrole nitrogens is 1. The molecule has 0 atom stereocenters. The van der Waals surface area contributed by atoms with E-state index in [9.17, 15) is 9.18 Å². The first-order valence-electron chi connectivity index (χ1n) is 7.28. The van der Waals surface area contributed by atoms with E-state index >= 15 is 0 Å². The molecule has 1 aromatic heterocycles. The van der Waals surface area contributed by atoms with Crippen LogP contribution in [0.5, 0.6) is 5.75 Å². The van der Waals surface area contributed by atoms with Crippen molar-refractivity contribution < 1.29 is 13.9 Å². The van der Waals surface area contributed by atoms with Gasteiger partial charge in [0, 0.05) is 12.2 Å². The standard InChI is InChI=1S/C18H17FN2O2/c1-11-16(17-14(21-11)4-3-5-15(17)23-2)18(22)20-10-12-6-8-13(19)9-7-12/h3-9,21H,10H2,1-2H3,(H,20,22). The molecular formula is C18H17FN2O2. The molecule has 0 saturated heterocycles. The Labute approximate surface area is 133 Å². The van der Waals surface area contributed by atoms with Gasteiger partial charge < -0.3 is 15.0 Å². The lowest BCUT2D eigenvalue weighted by atomic mass is 10.1. The van der Waals surface area contributed by atoms with Gasteiger partial charge in [0.2, 0.25) is 0 Å². The average Bonchev–Trinajstić information content (AvgIpc) is 2.90. The second-order valence-electron chi connectivity index (χ2n) is 5.32. The molecule has 0 aliphatic carbocycles. The Kier molecular flexibility index (Phi) is 4.02. The van der Waals surface area contributed by atoms with Crippen molar-refractivity contribution in [2.24, 2.45) is 0 Å². The number of aryl methyl sites for hydroxylation is 1. The Morgan fingerprint density at radius 1 is 1.22 bits per heavy atom. The van der Waals surface area contributed by atoms with Crippen LogP contribution in [-0.4, -0.2) is 18.0 Å². The largest absolute Gasteiger partial charge is 0.496 e. The first-order chi connectivity index (χ1) is 11.1. The number of ether oxygens (including phenoxy) is 1. The van der Waals surface area contributed by atoms with Gasteiger partial charge in [0.1, 0.15) is 11.6 Å². The van der Waals surface area contributed by atoms with Crippen molar-refractivity contribution in [2.75, 3.05) is 7.11 Å². The Balaban J connectivity index is 1.88. The highest BCUT2D eigenvalue weighted by Gasteiger charge is 2.18. The summed E-state index contributed by atoms with van der Waals surface area (Å²) < 4.78 is 18.3. The molecule has 118 valence electrons. The molecule has 23 heavy (non-hydrogen) atoms. The topological polar surface area (TPSA) is 54.1 Å². The van der Waals surface area contributed by atoms with Crippen LogP contribution in [0, 0.1) is 12.7 Å². The van der Waals surface area contributed by atoms with Gasteiger partial charge in [0.15, 0.2) is 0 Å². The number of methoxy groups -OCH3 is 1. The van der Waals surface area contributed by atoms with Gasteiger partial charge >= 0.3 is 0 Å². The second-order valence-corrected chi connectivity index (χ2v) is 5.32. The summed E-state index contributed by atoms with van der Waals surface area (Å²) in [7, 11) is 1.58. The van der Waals surface area contributed by atoms with Crippen LogP contribution in [0.3, 0.4) is 0 Å². The molecule has 0 bridgehead atoms. The minimum atomic E-state index is -0.294. The molecular weight excluding hydrogens is 295 g/mol. The Morgan fingerprint density at radius 3 is 2.65 bits per heavy atom. The van der Waals surface area contributed by atoms with Crippen LogP contribution in [0.15, 0.2) is 42.5 Å². The quantitative estimate of drug-likeness (QED) is 0.774. The molecule has 0 aliphatic heterocycles. The third-order valence-corrected chi connectivity index (χ3v) is 3.79. The molecule has 0 saturated carbocycles. The predicted octanol–water partition coefficient (Wildman–Crippen LogP) is 3.55. The fraction of sp³-hybridized carbons (Fsp3) is 0.167. The minimum absolute atomic E-state index is 0.192. The summed E-state index contributed by atoms with van der Waals surface area (Å²) in [6.07, 6.45) is 0. The number of nitrogens with one attached hydrogen (secondary N) is 2. The summed E-state index contributed by atoms with van der Waals surface area (Å²) in [6, 6.07) is 11.7. The molecule has 0 unspecified atom stereocenters. The molecule has 0 fully saturated rings. The van der Waals surface area contributed by atoms with Gasteiger partial charge in [-0.25, -0.2) is 4.39 Å². The lowest BCUT2D eigenvalue weighted by molar-refractivity contribution is 0.0952. The number of hydrogen-bond donors (Lipinski definition) is 2. The SMILES string of the molecule is COc1cccc2[nH]c(C)c(C(=O)NCc3ccc(F)cc3)c12. The van der Waals surface area contributed by atoms with Gasteiger partial charge in [-0.05, 0) is 36.8 Å². The van der Waals surface area contributed by atoms with E-state index in [0.717, 1.165) is 22.2 Å². The number of benzene rings is 2. The number of amides is 1. The minimum Gasteiger partial charge on any atom is -0.496 e. The third kappa shape index (κ3) is 2.90. The number of halogens is 1. The van der Waals surface area contributed by atoms with Gasteiger partial charge in [0.25, 0.3) is 5.91 Å². The van der Waals surface area contributed by atoms with Gasteiger partial charge in [-0.3, -0.25) is 4.79 Å². The third-order valence-electron chi connectivity index (χ3n) is 3.79. The molecule has 0 spiro atoms. The van der Waals surface area contributed by atoms with E-state index in [1.54, 1.807) is 19.2 Å². The predicted molar refractivity (Wildman–Crippen MR) is 87.2 cm³/mol. The number of rotatable bonds is 4. The zero-order valence-corrected chi connectivity index (χ0v) is 12.9. The molecule has 3 rings (SSSR count). The monoisotopic (exact) mass is 312 g/mol. The summed E-state index contributed by atoms with van der Waals surface area (Å²) in [6.45, 7) is 2.19. The Morgan fingerprint density at radius 2 is 1.96 bits per heavy atom. The lowest BCUT2D eigenvalue weighted by Gasteiger charge is -2.08. The number of carbonyl (C=O) groups is 1. The average molecular weight is 312 g/mol. The molecule has 3 aromatic rings. The Bertz CT molecular complexity index is 853. The summed E-state index contributed by atoms with van der Waals surface area (Å²) in [5.41, 5.74) is 3.04. The van der Waals surface area contributed by atoms with E-state index in [0.29, 0.717) is 17.9 Å². The van der Waals surface area contributed by atoms with Crippen LogP contribution in [0.2, 0.25) is 0 Å². The number of fused-ring (bicyclic) bond motifs is 1. The van der Waals surface area contributed by atoms with E-state index in [1.165, 1.54) is 12.1 Å². The number of aromatic amines is 1. The van der Waals surface area contributed by atoms with Crippen LogP contribution in [0.4, 0.5) is 4.39 Å². The maximum atomic E-state index is 12.9. The maximum Gasteiger partial charge on any atom is 0.254 e. The summed E-state index contributed by atoms with van der Waals surface area (Å²) in [5.74, 6) is 0.165. The lowest BCUT2D eigenvalue weighted by Crippen LogP contribution is -2.23. The Hall–Kier alpha value is -2.82. The molecule has 0 aliphatic rings. The van der Waals surface area contributed by atoms with E-state index in [1.807, 2.05) is 25.1 Å². The van der Waals surface area contributed by atoms with Crippen LogP contribution >= 0.6 is 0 Å². The van der Waals surface area contributed by atoms with E-state index in [-0.39, 0.29) is 11.7 Å². The van der Waals surface area contributed by atoms with Crippen LogP contribution < -0.4 is 10.1 Å². The highest BCUT2D eigenvalue weighted by molar-refractivity contribution is 6.10. The molecule has 0 radical (unpaired) electrons. The van der Waals surface area contributed by atoms with Gasteiger partial charge in [0.05, 0.1) is 23.6 Å². The molecule has 1 amide bonds. The zero-order valence-electron chi connectivity index (χ0n) is 12.9. The molecule has 5 heteroatoms. The second kappa shape index (κ2) is 6.12. The van der Waals surface area contributed by atoms with Crippen molar-refractivity contribution in [3.8, 4) is 5.75 Å². The van der Waals surface area contributed by atoms with Gasteiger partial charge in [-0.1, -0.05) is 18.2 Å². The molecule has 2 N–H and O–H groups in total. The van der Waals surface area contributed by atoms with E-state index in [2.05, 4.69) is 10.3 Å². The van der Waals surface area contributed by atoms with Crippen molar-refractivity contribution >= 4 is 16.8 Å². The summed E-state index contributed by atoms with van der Waals surface area (Å²) in [4.78, 5) is 15.8. The molecule has 1 heterocycles. The maximum absolute atomic E-state index is 12.9. The number of hydrogen-bond acceptors (Lipinski definition) is 2. The highest BCUT2D eigenvalue weighted by atomic mass is 19.1.